The van der Waals surface area contributed by atoms with Gasteiger partial charge in [0, 0.05) is 30.3 Å². The van der Waals surface area contributed by atoms with E-state index in [0.717, 1.165) is 31.6 Å². The van der Waals surface area contributed by atoms with Gasteiger partial charge in [0.2, 0.25) is 0 Å². The molecule has 1 saturated heterocycles. The van der Waals surface area contributed by atoms with Crippen LogP contribution in [0.15, 0.2) is 12.1 Å². The molecule has 1 saturated carbocycles. The molecule has 5 nitrogen and oxygen atoms in total. The number of amides is 1. The average molecular weight is 347 g/mol. The minimum absolute atomic E-state index is 0.182. The lowest BCUT2D eigenvalue weighted by Crippen LogP contribution is -2.41. The van der Waals surface area contributed by atoms with E-state index in [1.165, 1.54) is 38.2 Å². The van der Waals surface area contributed by atoms with Crippen LogP contribution in [-0.4, -0.2) is 41.7 Å². The van der Waals surface area contributed by atoms with Crippen molar-refractivity contribution in [3.05, 3.63) is 34.6 Å². The van der Waals surface area contributed by atoms with E-state index < -0.39 is 5.91 Å². The van der Waals surface area contributed by atoms with E-state index in [1.807, 2.05) is 0 Å². The first-order valence-electron chi connectivity index (χ1n) is 9.31. The summed E-state index contributed by atoms with van der Waals surface area (Å²) in [6.07, 6.45) is 7.02. The van der Waals surface area contributed by atoms with Crippen molar-refractivity contribution in [3.63, 3.8) is 0 Å². The summed E-state index contributed by atoms with van der Waals surface area (Å²) in [5.74, 6) is -0.997. The molecule has 1 spiro atoms. The molecule has 1 aliphatic carbocycles. The number of piperidine rings is 1. The maximum atomic E-state index is 14.5. The third kappa shape index (κ3) is 3.18. The van der Waals surface area contributed by atoms with Crippen molar-refractivity contribution in [2.45, 2.75) is 51.1 Å². The Hall–Kier alpha value is -1.50. The van der Waals surface area contributed by atoms with E-state index in [0.29, 0.717) is 23.6 Å². The number of benzene rings is 1. The standard InChI is InChI=1S/C19H26FN3O2/c20-17-10-14(18(24)22-25)9-13-2-8-23(12-16(13)17)15-1-3-19(11-15)4-6-21-7-5-19/h9-10,15,21,25H,1-8,11-12H2,(H,22,24). The molecule has 6 heteroatoms. The van der Waals surface area contributed by atoms with Gasteiger partial charge in [-0.25, -0.2) is 9.87 Å². The van der Waals surface area contributed by atoms with Gasteiger partial charge >= 0.3 is 0 Å². The molecule has 2 fully saturated rings. The normalized spacial score (nSPS) is 25.8. The number of hydroxylamine groups is 1. The number of nitrogens with one attached hydrogen (secondary N) is 2. The van der Waals surface area contributed by atoms with Gasteiger partial charge in [0.1, 0.15) is 5.82 Å². The highest BCUT2D eigenvalue weighted by Gasteiger charge is 2.42. The van der Waals surface area contributed by atoms with Crippen molar-refractivity contribution in [2.75, 3.05) is 19.6 Å². The highest BCUT2D eigenvalue weighted by atomic mass is 19.1. The fourth-order valence-electron chi connectivity index (χ4n) is 5.05. The van der Waals surface area contributed by atoms with Gasteiger partial charge in [-0.05, 0) is 74.7 Å². The van der Waals surface area contributed by atoms with Crippen LogP contribution in [0.3, 0.4) is 0 Å². The minimum atomic E-state index is -0.659. The lowest BCUT2D eigenvalue weighted by molar-refractivity contribution is 0.0705. The first-order valence-corrected chi connectivity index (χ1v) is 9.31. The van der Waals surface area contributed by atoms with Gasteiger partial charge in [-0.15, -0.1) is 0 Å². The minimum Gasteiger partial charge on any atom is -0.317 e. The molecule has 2 heterocycles. The molecule has 136 valence electrons. The average Bonchev–Trinajstić information content (AvgIpc) is 3.04. The maximum Gasteiger partial charge on any atom is 0.274 e. The van der Waals surface area contributed by atoms with Crippen LogP contribution in [0.4, 0.5) is 4.39 Å². The number of carbonyl (C=O) groups excluding carboxylic acids is 1. The van der Waals surface area contributed by atoms with Crippen molar-refractivity contribution < 1.29 is 14.4 Å². The lowest BCUT2D eigenvalue weighted by atomic mass is 9.77. The summed E-state index contributed by atoms with van der Waals surface area (Å²) in [5, 5.41) is 12.2. The van der Waals surface area contributed by atoms with E-state index in [1.54, 1.807) is 11.5 Å². The van der Waals surface area contributed by atoms with Crippen LogP contribution in [0.25, 0.3) is 0 Å². The summed E-state index contributed by atoms with van der Waals surface area (Å²) in [6.45, 7) is 3.79. The number of hydrogen-bond donors (Lipinski definition) is 3. The molecule has 3 N–H and O–H groups in total. The van der Waals surface area contributed by atoms with Crippen molar-refractivity contribution in [3.8, 4) is 0 Å². The van der Waals surface area contributed by atoms with E-state index in [4.69, 9.17) is 5.21 Å². The molecule has 1 unspecified atom stereocenters. The second-order valence-corrected chi connectivity index (χ2v) is 7.90. The van der Waals surface area contributed by atoms with Crippen LogP contribution >= 0.6 is 0 Å². The molecule has 1 aromatic rings. The van der Waals surface area contributed by atoms with Crippen molar-refractivity contribution in [2.24, 2.45) is 5.41 Å². The second-order valence-electron chi connectivity index (χ2n) is 7.90. The Morgan fingerprint density at radius 1 is 1.32 bits per heavy atom. The third-order valence-electron chi connectivity index (χ3n) is 6.54. The molecule has 1 atom stereocenters. The molecule has 4 rings (SSSR count). The summed E-state index contributed by atoms with van der Waals surface area (Å²) >= 11 is 0. The van der Waals surface area contributed by atoms with Gasteiger partial charge in [0.25, 0.3) is 5.91 Å². The fourth-order valence-corrected chi connectivity index (χ4v) is 5.05. The SMILES string of the molecule is O=C(NO)c1cc(F)c2c(c1)CCN(C1CCC3(CCNCC3)C1)C2. The van der Waals surface area contributed by atoms with E-state index in [2.05, 4.69) is 10.2 Å². The van der Waals surface area contributed by atoms with E-state index in [-0.39, 0.29) is 11.4 Å². The van der Waals surface area contributed by atoms with Crippen molar-refractivity contribution >= 4 is 5.91 Å². The highest BCUT2D eigenvalue weighted by molar-refractivity contribution is 5.93. The van der Waals surface area contributed by atoms with Crippen molar-refractivity contribution in [1.29, 1.82) is 0 Å². The van der Waals surface area contributed by atoms with Gasteiger partial charge in [-0.1, -0.05) is 0 Å². The zero-order valence-corrected chi connectivity index (χ0v) is 14.5. The maximum absolute atomic E-state index is 14.5. The van der Waals surface area contributed by atoms with Crippen LogP contribution < -0.4 is 10.8 Å². The molecular weight excluding hydrogens is 321 g/mol. The molecule has 0 aromatic heterocycles. The number of nitrogens with zero attached hydrogens (tertiary/aromatic N) is 1. The molecule has 1 aromatic carbocycles. The Morgan fingerprint density at radius 3 is 2.88 bits per heavy atom. The van der Waals surface area contributed by atoms with Crippen LogP contribution in [0, 0.1) is 11.2 Å². The number of halogens is 1. The highest BCUT2D eigenvalue weighted by Crippen LogP contribution is 2.47. The molecule has 3 aliphatic rings. The van der Waals surface area contributed by atoms with Gasteiger partial charge in [-0.2, -0.15) is 0 Å². The topological polar surface area (TPSA) is 64.6 Å². The largest absolute Gasteiger partial charge is 0.317 e. The van der Waals surface area contributed by atoms with Crippen LogP contribution in [0.1, 0.15) is 53.6 Å². The van der Waals surface area contributed by atoms with E-state index in [9.17, 15) is 9.18 Å². The summed E-state index contributed by atoms with van der Waals surface area (Å²) < 4.78 is 14.5. The van der Waals surface area contributed by atoms with Crippen LogP contribution in [-0.2, 0) is 13.0 Å². The first kappa shape index (κ1) is 16.9. The van der Waals surface area contributed by atoms with Crippen LogP contribution in [0.2, 0.25) is 0 Å². The fraction of sp³-hybridized carbons (Fsp3) is 0.632. The summed E-state index contributed by atoms with van der Waals surface area (Å²) in [4.78, 5) is 14.0. The monoisotopic (exact) mass is 347 g/mol. The molecule has 2 aliphatic heterocycles. The lowest BCUT2D eigenvalue weighted by Gasteiger charge is -2.37. The van der Waals surface area contributed by atoms with Gasteiger partial charge in [-0.3, -0.25) is 14.9 Å². The second kappa shape index (κ2) is 6.67. The zero-order valence-electron chi connectivity index (χ0n) is 14.5. The third-order valence-corrected chi connectivity index (χ3v) is 6.54. The van der Waals surface area contributed by atoms with Crippen molar-refractivity contribution in [1.82, 2.24) is 15.7 Å². The summed E-state index contributed by atoms with van der Waals surface area (Å²) in [7, 11) is 0. The Labute approximate surface area is 147 Å². The zero-order chi connectivity index (χ0) is 17.4. The Bertz CT molecular complexity index is 673. The molecule has 0 bridgehead atoms. The number of fused-ring (bicyclic) bond motifs is 1. The van der Waals surface area contributed by atoms with E-state index >= 15 is 0 Å². The Morgan fingerprint density at radius 2 is 2.12 bits per heavy atom. The predicted octanol–water partition coefficient (Wildman–Crippen LogP) is 2.23. The van der Waals surface area contributed by atoms with Crippen LogP contribution in [0.5, 0.6) is 0 Å². The van der Waals surface area contributed by atoms with Gasteiger partial charge < -0.3 is 5.32 Å². The smallest absolute Gasteiger partial charge is 0.274 e. The summed E-state index contributed by atoms with van der Waals surface area (Å²) in [5.41, 5.74) is 3.87. The quantitative estimate of drug-likeness (QED) is 0.567. The number of carbonyl (C=O) groups is 1. The molecule has 0 radical (unpaired) electrons. The first-order chi connectivity index (χ1) is 12.1. The number of rotatable bonds is 2. The summed E-state index contributed by atoms with van der Waals surface area (Å²) in [6, 6.07) is 3.49. The van der Waals surface area contributed by atoms with Gasteiger partial charge in [0.05, 0.1) is 0 Å². The molecule has 1 amide bonds. The molecule has 25 heavy (non-hydrogen) atoms. The predicted molar refractivity (Wildman–Crippen MR) is 91.9 cm³/mol. The Balaban J connectivity index is 1.49. The number of hydrogen-bond acceptors (Lipinski definition) is 4. The molecular formula is C19H26FN3O2. The van der Waals surface area contributed by atoms with Gasteiger partial charge in [0.15, 0.2) is 0 Å². The Kier molecular flexibility index (Phi) is 4.52.